The first kappa shape index (κ1) is 12.5. The second kappa shape index (κ2) is 5.19. The molecule has 2 aromatic carbocycles. The van der Waals surface area contributed by atoms with E-state index in [2.05, 4.69) is 32.3 Å². The molecule has 1 N–H and O–H groups in total. The van der Waals surface area contributed by atoms with Gasteiger partial charge in [-0.25, -0.2) is 0 Å². The van der Waals surface area contributed by atoms with Crippen LogP contribution in [-0.2, 0) is 0 Å². The zero-order valence-electron chi connectivity index (χ0n) is 9.90. The van der Waals surface area contributed by atoms with Crippen LogP contribution in [0, 0.1) is 0 Å². The average Bonchev–Trinajstić information content (AvgIpc) is 2.39. The van der Waals surface area contributed by atoms with Crippen LogP contribution in [-0.4, -0.2) is 4.98 Å². The van der Waals surface area contributed by atoms with Crippen molar-refractivity contribution in [1.82, 2.24) is 4.98 Å². The van der Waals surface area contributed by atoms with Gasteiger partial charge in [-0.05, 0) is 42.5 Å². The van der Waals surface area contributed by atoms with E-state index >= 15 is 0 Å². The number of hydrogen-bond donors (Lipinski definition) is 1. The number of nitrogens with one attached hydrogen (secondary N) is 1. The third-order valence-electron chi connectivity index (χ3n) is 2.81. The summed E-state index contributed by atoms with van der Waals surface area (Å²) in [5.41, 5.74) is 2.92. The van der Waals surface area contributed by atoms with Crippen LogP contribution in [0.25, 0.3) is 10.9 Å². The summed E-state index contributed by atoms with van der Waals surface area (Å²) in [7, 11) is 0. The fraction of sp³-hybridized carbons (Fsp3) is 0. The predicted molar refractivity (Wildman–Crippen MR) is 84.2 cm³/mol. The van der Waals surface area contributed by atoms with Gasteiger partial charge >= 0.3 is 0 Å². The lowest BCUT2D eigenvalue weighted by molar-refractivity contribution is 1.40. The van der Waals surface area contributed by atoms with Gasteiger partial charge in [0, 0.05) is 32.5 Å². The molecule has 0 radical (unpaired) electrons. The highest BCUT2D eigenvalue weighted by molar-refractivity contribution is 9.10. The summed E-state index contributed by atoms with van der Waals surface area (Å²) in [5.74, 6) is 0. The fourth-order valence-electron chi connectivity index (χ4n) is 1.95. The molecule has 4 heteroatoms. The maximum atomic E-state index is 5.99. The molecule has 0 aliphatic heterocycles. The zero-order chi connectivity index (χ0) is 13.2. The minimum atomic E-state index is 0.713. The van der Waals surface area contributed by atoms with Crippen LogP contribution < -0.4 is 5.32 Å². The summed E-state index contributed by atoms with van der Waals surface area (Å²) in [6, 6.07) is 15.6. The summed E-state index contributed by atoms with van der Waals surface area (Å²) in [4.78, 5) is 4.36. The molecule has 19 heavy (non-hydrogen) atoms. The number of halogens is 2. The Labute approximate surface area is 124 Å². The zero-order valence-corrected chi connectivity index (χ0v) is 12.2. The Morgan fingerprint density at radius 2 is 1.95 bits per heavy atom. The quantitative estimate of drug-likeness (QED) is 0.679. The second-order valence-electron chi connectivity index (χ2n) is 4.16. The van der Waals surface area contributed by atoms with Crippen molar-refractivity contribution in [2.45, 2.75) is 0 Å². The predicted octanol–water partition coefficient (Wildman–Crippen LogP) is 5.39. The fourth-order valence-corrected chi connectivity index (χ4v) is 2.50. The number of rotatable bonds is 2. The topological polar surface area (TPSA) is 24.9 Å². The molecule has 3 rings (SSSR count). The van der Waals surface area contributed by atoms with Gasteiger partial charge in [0.2, 0.25) is 0 Å². The van der Waals surface area contributed by atoms with Crippen LogP contribution in [0.4, 0.5) is 11.4 Å². The molecular formula is C15H10BrClN2. The van der Waals surface area contributed by atoms with Gasteiger partial charge in [-0.15, -0.1) is 0 Å². The van der Waals surface area contributed by atoms with Crippen LogP contribution in [0.15, 0.2) is 59.2 Å². The SMILES string of the molecule is Clc1cccc(Nc2ccnc3ccc(Br)cc23)c1. The molecule has 0 unspecified atom stereocenters. The summed E-state index contributed by atoms with van der Waals surface area (Å²) in [6.45, 7) is 0. The standard InChI is InChI=1S/C15H10BrClN2/c16-10-4-5-14-13(8-10)15(6-7-18-14)19-12-3-1-2-11(17)9-12/h1-9H,(H,18,19). The molecule has 0 aliphatic carbocycles. The summed E-state index contributed by atoms with van der Waals surface area (Å²) >= 11 is 9.48. The van der Waals surface area contributed by atoms with E-state index < -0.39 is 0 Å². The molecule has 0 saturated carbocycles. The Bertz CT molecular complexity index is 743. The Hall–Kier alpha value is -1.58. The Morgan fingerprint density at radius 1 is 1.05 bits per heavy atom. The molecule has 0 fully saturated rings. The molecule has 0 bridgehead atoms. The molecule has 94 valence electrons. The van der Waals surface area contributed by atoms with Crippen molar-refractivity contribution in [1.29, 1.82) is 0 Å². The smallest absolute Gasteiger partial charge is 0.0723 e. The minimum Gasteiger partial charge on any atom is -0.355 e. The molecule has 2 nitrogen and oxygen atoms in total. The highest BCUT2D eigenvalue weighted by Gasteiger charge is 2.03. The van der Waals surface area contributed by atoms with Gasteiger partial charge in [-0.2, -0.15) is 0 Å². The van der Waals surface area contributed by atoms with E-state index in [-0.39, 0.29) is 0 Å². The van der Waals surface area contributed by atoms with Crippen molar-refractivity contribution in [3.05, 3.63) is 64.2 Å². The third-order valence-corrected chi connectivity index (χ3v) is 3.54. The normalized spacial score (nSPS) is 10.6. The van der Waals surface area contributed by atoms with Crippen molar-refractivity contribution >= 4 is 49.8 Å². The number of hydrogen-bond acceptors (Lipinski definition) is 2. The lowest BCUT2D eigenvalue weighted by Gasteiger charge is -2.10. The number of aromatic nitrogens is 1. The minimum absolute atomic E-state index is 0.713. The first-order valence-corrected chi connectivity index (χ1v) is 6.96. The third kappa shape index (κ3) is 2.72. The molecule has 0 saturated heterocycles. The van der Waals surface area contributed by atoms with Gasteiger partial charge < -0.3 is 5.32 Å². The first-order chi connectivity index (χ1) is 9.22. The monoisotopic (exact) mass is 332 g/mol. The van der Waals surface area contributed by atoms with E-state index in [1.807, 2.05) is 42.5 Å². The molecule has 0 spiro atoms. The average molecular weight is 334 g/mol. The number of anilines is 2. The van der Waals surface area contributed by atoms with Gasteiger partial charge in [0.1, 0.15) is 0 Å². The van der Waals surface area contributed by atoms with Crippen molar-refractivity contribution in [3.8, 4) is 0 Å². The van der Waals surface area contributed by atoms with Gasteiger partial charge in [0.25, 0.3) is 0 Å². The van der Waals surface area contributed by atoms with Crippen LogP contribution in [0.5, 0.6) is 0 Å². The second-order valence-corrected chi connectivity index (χ2v) is 5.51. The molecule has 0 amide bonds. The van der Waals surface area contributed by atoms with Crippen LogP contribution in [0.3, 0.4) is 0 Å². The summed E-state index contributed by atoms with van der Waals surface area (Å²) in [6.07, 6.45) is 1.79. The van der Waals surface area contributed by atoms with Crippen molar-refractivity contribution in [2.75, 3.05) is 5.32 Å². The van der Waals surface area contributed by atoms with Gasteiger partial charge in [0.15, 0.2) is 0 Å². The summed E-state index contributed by atoms with van der Waals surface area (Å²) < 4.78 is 1.03. The lowest BCUT2D eigenvalue weighted by atomic mass is 10.2. The van der Waals surface area contributed by atoms with E-state index in [0.29, 0.717) is 5.02 Å². The Morgan fingerprint density at radius 3 is 2.79 bits per heavy atom. The van der Waals surface area contributed by atoms with Gasteiger partial charge in [-0.3, -0.25) is 4.98 Å². The number of pyridine rings is 1. The highest BCUT2D eigenvalue weighted by atomic mass is 79.9. The maximum Gasteiger partial charge on any atom is 0.0723 e. The largest absolute Gasteiger partial charge is 0.355 e. The van der Waals surface area contributed by atoms with Crippen molar-refractivity contribution < 1.29 is 0 Å². The Kier molecular flexibility index (Phi) is 3.40. The molecule has 1 heterocycles. The van der Waals surface area contributed by atoms with Crippen LogP contribution >= 0.6 is 27.5 Å². The Balaban J connectivity index is 2.07. The van der Waals surface area contributed by atoms with Crippen molar-refractivity contribution in [2.24, 2.45) is 0 Å². The van der Waals surface area contributed by atoms with E-state index in [9.17, 15) is 0 Å². The molecule has 1 aromatic heterocycles. The number of nitrogens with zero attached hydrogens (tertiary/aromatic N) is 1. The van der Waals surface area contributed by atoms with Crippen molar-refractivity contribution in [3.63, 3.8) is 0 Å². The van der Waals surface area contributed by atoms with E-state index in [1.54, 1.807) is 6.20 Å². The van der Waals surface area contributed by atoms with Crippen LogP contribution in [0.2, 0.25) is 5.02 Å². The molecular weight excluding hydrogens is 324 g/mol. The van der Waals surface area contributed by atoms with E-state index in [1.165, 1.54) is 0 Å². The van der Waals surface area contributed by atoms with Gasteiger partial charge in [-0.1, -0.05) is 33.6 Å². The molecule has 3 aromatic rings. The highest BCUT2D eigenvalue weighted by Crippen LogP contribution is 2.28. The van der Waals surface area contributed by atoms with E-state index in [0.717, 1.165) is 26.8 Å². The molecule has 0 atom stereocenters. The summed E-state index contributed by atoms with van der Waals surface area (Å²) in [5, 5.41) is 5.15. The number of fused-ring (bicyclic) bond motifs is 1. The van der Waals surface area contributed by atoms with Crippen LogP contribution in [0.1, 0.15) is 0 Å². The number of benzene rings is 2. The van der Waals surface area contributed by atoms with E-state index in [4.69, 9.17) is 11.6 Å². The molecule has 0 aliphatic rings. The first-order valence-electron chi connectivity index (χ1n) is 5.79. The lowest BCUT2D eigenvalue weighted by Crippen LogP contribution is -1.92. The maximum absolute atomic E-state index is 5.99. The van der Waals surface area contributed by atoms with Gasteiger partial charge in [0.05, 0.1) is 5.52 Å².